The predicted molar refractivity (Wildman–Crippen MR) is 24.1 cm³/mol. The van der Waals surface area contributed by atoms with Gasteiger partial charge >= 0.3 is 59.8 Å². The fraction of sp³-hybridized carbons (Fsp3) is 1.00. The van der Waals surface area contributed by atoms with Gasteiger partial charge in [0.25, 0.3) is 0 Å². The van der Waals surface area contributed by atoms with Crippen molar-refractivity contribution in [1.82, 2.24) is 0 Å². The summed E-state index contributed by atoms with van der Waals surface area (Å²) in [6.07, 6.45) is 0. The molecule has 0 aromatic heterocycles. The summed E-state index contributed by atoms with van der Waals surface area (Å²) in [6, 6.07) is 0. The molecule has 6 heavy (non-hydrogen) atoms. The first kappa shape index (κ1) is 10.7. The Kier molecular flexibility index (Phi) is 12.0. The Morgan fingerprint density at radius 3 is 1.67 bits per heavy atom. The first-order valence-electron chi connectivity index (χ1n) is 1.65. The van der Waals surface area contributed by atoms with Crippen molar-refractivity contribution < 1.29 is 55.9 Å². The first-order chi connectivity index (χ1) is 2.27. The Balaban J connectivity index is 0. The molecule has 30 valence electrons. The molecule has 0 aliphatic carbocycles. The Bertz CT molecular complexity index is 37.8. The minimum Gasteiger partial charge on any atom is -0.0772 e. The summed E-state index contributed by atoms with van der Waals surface area (Å²) in [5, 5.41) is 0. The molecule has 0 heterocycles. The van der Waals surface area contributed by atoms with Crippen LogP contribution in [0.2, 0.25) is 0 Å². The smallest absolute Gasteiger partial charge is 0.0772 e. The second-order valence-electron chi connectivity index (χ2n) is 1.27. The fourth-order valence-electron chi connectivity index (χ4n) is 0. The molecule has 0 fully saturated rings. The van der Waals surface area contributed by atoms with E-state index >= 15 is 0 Å². The second kappa shape index (κ2) is 6.74. The third kappa shape index (κ3) is 9.22. The zero-order chi connectivity index (χ0) is 4.28. The minimum atomic E-state index is -0.136. The first-order valence-corrected chi connectivity index (χ1v) is 2.63. The van der Waals surface area contributed by atoms with Crippen molar-refractivity contribution in [3.05, 3.63) is 0 Å². The van der Waals surface area contributed by atoms with Gasteiger partial charge < -0.3 is 0 Å². The van der Waals surface area contributed by atoms with Gasteiger partial charge in [-0.2, -0.15) is 0 Å². The average Bonchev–Trinajstić information content (AvgIpc) is 1.38. The maximum atomic E-state index is 9.66. The summed E-state index contributed by atoms with van der Waals surface area (Å²) < 4.78 is 9.66. The fourth-order valence-corrected chi connectivity index (χ4v) is 0. The van der Waals surface area contributed by atoms with E-state index in [1.165, 1.54) is 0 Å². The van der Waals surface area contributed by atoms with Crippen LogP contribution >= 0.6 is 8.46 Å². The van der Waals surface area contributed by atoms with Gasteiger partial charge in [0.15, 0.2) is 0 Å². The van der Waals surface area contributed by atoms with E-state index < -0.39 is 0 Å². The maximum absolute atomic E-state index is 9.66. The third-order valence-electron chi connectivity index (χ3n) is 0.236. The Morgan fingerprint density at radius 2 is 1.67 bits per heavy atom. The molecule has 0 N–H and O–H groups in total. The van der Waals surface area contributed by atoms with Crippen LogP contribution in [0.4, 0.5) is 0 Å². The summed E-state index contributed by atoms with van der Waals surface area (Å²) in [7, 11) is -0.136. The van der Waals surface area contributed by atoms with Crippen LogP contribution in [0.3, 0.4) is 0 Å². The summed E-state index contributed by atoms with van der Waals surface area (Å²) in [5.74, 6) is 0. The molecule has 1 unspecified atom stereocenters. The van der Waals surface area contributed by atoms with Gasteiger partial charge in [-0.1, -0.05) is 4.57 Å². The van der Waals surface area contributed by atoms with Crippen molar-refractivity contribution in [2.24, 2.45) is 0 Å². The van der Waals surface area contributed by atoms with Gasteiger partial charge in [-0.15, -0.1) is 0 Å². The van der Waals surface area contributed by atoms with E-state index in [9.17, 15) is 4.57 Å². The molecule has 0 aliphatic heterocycles. The molecule has 0 amide bonds. The van der Waals surface area contributed by atoms with Crippen molar-refractivity contribution >= 4 is 8.46 Å². The monoisotopic (exact) mass is 130 g/mol. The standard InChI is InChI=1S/C3H7OP.K/c1-3(2)5-4;/h3H,1-2H3;/q;+1/p+1. The molecule has 0 aliphatic rings. The molecule has 3 heteroatoms. The largest absolute Gasteiger partial charge is 1.00 e. The molecule has 0 saturated heterocycles. The molecule has 0 spiro atoms. The topological polar surface area (TPSA) is 17.1 Å². The Morgan fingerprint density at radius 1 is 1.50 bits per heavy atom. The van der Waals surface area contributed by atoms with Gasteiger partial charge in [0.1, 0.15) is 5.66 Å². The second-order valence-corrected chi connectivity index (χ2v) is 2.66. The van der Waals surface area contributed by atoms with Crippen LogP contribution in [0, 0.1) is 0 Å². The van der Waals surface area contributed by atoms with E-state index in [2.05, 4.69) is 0 Å². The van der Waals surface area contributed by atoms with Crippen LogP contribution in [-0.4, -0.2) is 5.66 Å². The van der Waals surface area contributed by atoms with Crippen LogP contribution in [0.1, 0.15) is 13.8 Å². The van der Waals surface area contributed by atoms with Gasteiger partial charge in [-0.05, 0) is 13.8 Å². The van der Waals surface area contributed by atoms with E-state index in [4.69, 9.17) is 0 Å². The molecule has 1 atom stereocenters. The van der Waals surface area contributed by atoms with Crippen LogP contribution < -0.4 is 51.4 Å². The quantitative estimate of drug-likeness (QED) is 0.309. The van der Waals surface area contributed by atoms with Gasteiger partial charge in [0, 0.05) is 0 Å². The third-order valence-corrected chi connectivity index (χ3v) is 0.707. The molecule has 0 aromatic rings. The van der Waals surface area contributed by atoms with E-state index in [1.807, 2.05) is 13.8 Å². The summed E-state index contributed by atoms with van der Waals surface area (Å²) >= 11 is 0. The van der Waals surface area contributed by atoms with E-state index in [0.717, 1.165) is 0 Å². The Hall–Kier alpha value is 1.74. The van der Waals surface area contributed by atoms with E-state index in [1.54, 1.807) is 0 Å². The van der Waals surface area contributed by atoms with Gasteiger partial charge in [-0.25, -0.2) is 0 Å². The number of hydrogen-bond acceptors (Lipinski definition) is 1. The van der Waals surface area contributed by atoms with Gasteiger partial charge in [0.2, 0.25) is 0 Å². The molecule has 0 radical (unpaired) electrons. The normalized spacial score (nSPS) is 8.50. The van der Waals surface area contributed by atoms with Crippen LogP contribution in [0.15, 0.2) is 0 Å². The van der Waals surface area contributed by atoms with E-state index in [-0.39, 0.29) is 59.8 Å². The number of rotatable bonds is 1. The molecular weight excluding hydrogens is 122 g/mol. The zero-order valence-electron chi connectivity index (χ0n) is 4.49. The van der Waals surface area contributed by atoms with Crippen molar-refractivity contribution in [2.75, 3.05) is 0 Å². The van der Waals surface area contributed by atoms with Gasteiger partial charge in [0.05, 0.1) is 0 Å². The summed E-state index contributed by atoms with van der Waals surface area (Å²) in [6.45, 7) is 3.84. The Labute approximate surface area is 82.5 Å². The van der Waals surface area contributed by atoms with Crippen molar-refractivity contribution in [2.45, 2.75) is 19.5 Å². The maximum Gasteiger partial charge on any atom is 1.00 e. The van der Waals surface area contributed by atoms with Crippen molar-refractivity contribution in [3.63, 3.8) is 0 Å². The predicted octanol–water partition coefficient (Wildman–Crippen LogP) is -1.58. The molecule has 0 rings (SSSR count). The average molecular weight is 130 g/mol. The molecular formula is C3H8KOP+2. The van der Waals surface area contributed by atoms with Crippen molar-refractivity contribution in [1.29, 1.82) is 0 Å². The molecule has 1 nitrogen and oxygen atoms in total. The van der Waals surface area contributed by atoms with Crippen LogP contribution in [0.25, 0.3) is 0 Å². The van der Waals surface area contributed by atoms with Crippen LogP contribution in [0.5, 0.6) is 0 Å². The number of hydrogen-bond donors (Lipinski definition) is 0. The SMILES string of the molecule is CC(C)[PH+]=O.[K+]. The summed E-state index contributed by atoms with van der Waals surface area (Å²) in [5.41, 5.74) is 0.356. The molecule has 0 saturated carbocycles. The summed E-state index contributed by atoms with van der Waals surface area (Å²) in [4.78, 5) is 0. The zero-order valence-corrected chi connectivity index (χ0v) is 8.61. The van der Waals surface area contributed by atoms with E-state index in [0.29, 0.717) is 5.66 Å². The van der Waals surface area contributed by atoms with Crippen LogP contribution in [-0.2, 0) is 4.57 Å². The minimum absolute atomic E-state index is 0. The molecule has 0 bridgehead atoms. The van der Waals surface area contributed by atoms with Crippen molar-refractivity contribution in [3.8, 4) is 0 Å². The molecule has 0 aromatic carbocycles. The van der Waals surface area contributed by atoms with Gasteiger partial charge in [-0.3, -0.25) is 0 Å².